The quantitative estimate of drug-likeness (QED) is 0.415. The molecule has 52 valence electrons. The second kappa shape index (κ2) is 1.50. The Kier molecular flexibility index (Phi) is 1.17. The van der Waals surface area contributed by atoms with Crippen LogP contribution in [0.1, 0.15) is 20.8 Å². The van der Waals surface area contributed by atoms with Gasteiger partial charge >= 0.3 is 0 Å². The van der Waals surface area contributed by atoms with Gasteiger partial charge in [0, 0.05) is 0 Å². The van der Waals surface area contributed by atoms with Crippen molar-refractivity contribution in [1.82, 2.24) is 0 Å². The van der Waals surface area contributed by atoms with Crippen molar-refractivity contribution in [2.45, 2.75) is 32.0 Å². The molecule has 1 fully saturated rings. The molecule has 1 atom stereocenters. The fourth-order valence-electron chi connectivity index (χ4n) is 0.762. The summed E-state index contributed by atoms with van der Waals surface area (Å²) in [5.74, 6) is 0. The first-order valence-corrected chi connectivity index (χ1v) is 3.18. The second-order valence-electron chi connectivity index (χ2n) is 2.92. The van der Waals surface area contributed by atoms with Crippen molar-refractivity contribution >= 4 is 16.8 Å². The summed E-state index contributed by atoms with van der Waals surface area (Å²) < 4.78 is 5.07. The lowest BCUT2D eigenvalue weighted by atomic mass is 10.0. The number of carbonyl (C=O) groups is 1. The molecule has 0 bridgehead atoms. The molecule has 2 nitrogen and oxygen atoms in total. The molecule has 0 aliphatic carbocycles. The summed E-state index contributed by atoms with van der Waals surface area (Å²) in [7, 11) is 0. The molecule has 1 heterocycles. The van der Waals surface area contributed by atoms with Crippen molar-refractivity contribution < 1.29 is 9.53 Å². The summed E-state index contributed by atoms with van der Waals surface area (Å²) in [6.45, 7) is 5.38. The molecule has 0 aromatic heterocycles. The summed E-state index contributed by atoms with van der Waals surface area (Å²) in [6.07, 6.45) is 0. The van der Waals surface area contributed by atoms with Crippen LogP contribution in [0.3, 0.4) is 0 Å². The third-order valence-corrected chi connectivity index (χ3v) is 2.30. The molecular formula is C6H9ClO2. The highest BCUT2D eigenvalue weighted by Gasteiger charge is 2.64. The Labute approximate surface area is 59.1 Å². The third kappa shape index (κ3) is 0.775. The minimum absolute atomic E-state index is 0.355. The van der Waals surface area contributed by atoms with Gasteiger partial charge in [-0.15, -0.1) is 0 Å². The van der Waals surface area contributed by atoms with E-state index in [1.807, 2.05) is 13.8 Å². The maximum absolute atomic E-state index is 10.6. The lowest BCUT2D eigenvalue weighted by molar-refractivity contribution is -0.115. The van der Waals surface area contributed by atoms with Crippen molar-refractivity contribution in [2.24, 2.45) is 0 Å². The Morgan fingerprint density at radius 1 is 1.44 bits per heavy atom. The van der Waals surface area contributed by atoms with Gasteiger partial charge in [0.25, 0.3) is 5.24 Å². The molecule has 0 aromatic carbocycles. The van der Waals surface area contributed by atoms with E-state index in [0.717, 1.165) is 0 Å². The molecule has 0 radical (unpaired) electrons. The van der Waals surface area contributed by atoms with E-state index in [2.05, 4.69) is 0 Å². The minimum atomic E-state index is -0.728. The summed E-state index contributed by atoms with van der Waals surface area (Å²) in [5, 5.41) is -0.410. The van der Waals surface area contributed by atoms with Crippen LogP contribution in [-0.2, 0) is 9.53 Å². The maximum atomic E-state index is 10.6. The van der Waals surface area contributed by atoms with Crippen LogP contribution in [0.5, 0.6) is 0 Å². The summed E-state index contributed by atoms with van der Waals surface area (Å²) in [4.78, 5) is 10.6. The first-order valence-electron chi connectivity index (χ1n) is 2.80. The van der Waals surface area contributed by atoms with Gasteiger partial charge < -0.3 is 4.74 Å². The lowest BCUT2D eigenvalue weighted by Crippen LogP contribution is -2.23. The Hall–Kier alpha value is -0.0800. The topological polar surface area (TPSA) is 29.6 Å². The second-order valence-corrected chi connectivity index (χ2v) is 3.26. The normalized spacial score (nSPS) is 38.2. The fourth-order valence-corrected chi connectivity index (χ4v) is 1.03. The molecule has 0 saturated carbocycles. The molecule has 0 aromatic rings. The number of halogens is 1. The third-order valence-electron chi connectivity index (χ3n) is 1.94. The van der Waals surface area contributed by atoms with Crippen LogP contribution in [0.4, 0.5) is 0 Å². The number of carbonyl (C=O) groups excluding carboxylic acids is 1. The Morgan fingerprint density at radius 2 is 1.78 bits per heavy atom. The van der Waals surface area contributed by atoms with Gasteiger partial charge in [-0.1, -0.05) is 0 Å². The molecule has 1 saturated heterocycles. The van der Waals surface area contributed by atoms with Gasteiger partial charge in [-0.25, -0.2) is 0 Å². The lowest BCUT2D eigenvalue weighted by Gasteiger charge is -1.98. The van der Waals surface area contributed by atoms with E-state index in [0.29, 0.717) is 0 Å². The monoisotopic (exact) mass is 148 g/mol. The van der Waals surface area contributed by atoms with Crippen LogP contribution in [0.2, 0.25) is 0 Å². The van der Waals surface area contributed by atoms with Crippen LogP contribution in [-0.4, -0.2) is 16.4 Å². The molecule has 1 aliphatic rings. The molecule has 9 heavy (non-hydrogen) atoms. The zero-order valence-corrected chi connectivity index (χ0v) is 6.45. The SMILES string of the molecule is CC1(C)OC1(C)C(=O)Cl. The Balaban J connectivity index is 2.74. The van der Waals surface area contributed by atoms with E-state index in [-0.39, 0.29) is 5.60 Å². The van der Waals surface area contributed by atoms with Crippen molar-refractivity contribution in [2.75, 3.05) is 0 Å². The summed E-state index contributed by atoms with van der Waals surface area (Å²) in [6, 6.07) is 0. The highest BCUT2D eigenvalue weighted by atomic mass is 35.5. The van der Waals surface area contributed by atoms with Gasteiger partial charge in [0.1, 0.15) is 5.60 Å². The van der Waals surface area contributed by atoms with Crippen LogP contribution in [0.15, 0.2) is 0 Å². The molecule has 0 amide bonds. The van der Waals surface area contributed by atoms with Gasteiger partial charge in [0.2, 0.25) is 0 Å². The number of hydrogen-bond donors (Lipinski definition) is 0. The zero-order chi connectivity index (χ0) is 7.28. The highest BCUT2D eigenvalue weighted by molar-refractivity contribution is 6.66. The summed E-state index contributed by atoms with van der Waals surface area (Å²) >= 11 is 5.24. The Morgan fingerprint density at radius 3 is 1.78 bits per heavy atom. The molecular weight excluding hydrogens is 140 g/mol. The number of hydrogen-bond acceptors (Lipinski definition) is 2. The molecule has 1 unspecified atom stereocenters. The average Bonchev–Trinajstić information content (AvgIpc) is 2.08. The number of rotatable bonds is 1. The van der Waals surface area contributed by atoms with Gasteiger partial charge in [0.05, 0.1) is 0 Å². The van der Waals surface area contributed by atoms with E-state index in [4.69, 9.17) is 16.3 Å². The van der Waals surface area contributed by atoms with Gasteiger partial charge in [-0.3, -0.25) is 4.79 Å². The van der Waals surface area contributed by atoms with E-state index in [1.165, 1.54) is 0 Å². The maximum Gasteiger partial charge on any atom is 0.256 e. The van der Waals surface area contributed by atoms with E-state index in [1.54, 1.807) is 6.92 Å². The van der Waals surface area contributed by atoms with Crippen LogP contribution >= 0.6 is 11.6 Å². The number of epoxide rings is 1. The van der Waals surface area contributed by atoms with E-state index in [9.17, 15) is 4.79 Å². The number of ether oxygens (including phenoxy) is 1. The summed E-state index contributed by atoms with van der Waals surface area (Å²) in [5.41, 5.74) is -1.08. The first kappa shape index (κ1) is 7.03. The fraction of sp³-hybridized carbons (Fsp3) is 0.833. The standard InChI is InChI=1S/C6H9ClO2/c1-5(2)6(3,9-5)4(7)8/h1-3H3. The largest absolute Gasteiger partial charge is 0.354 e. The van der Waals surface area contributed by atoms with Gasteiger partial charge in [0.15, 0.2) is 5.60 Å². The molecule has 0 N–H and O–H groups in total. The van der Waals surface area contributed by atoms with Crippen LogP contribution in [0.25, 0.3) is 0 Å². The van der Waals surface area contributed by atoms with Gasteiger partial charge in [-0.05, 0) is 32.4 Å². The van der Waals surface area contributed by atoms with Crippen LogP contribution in [0, 0.1) is 0 Å². The molecule has 0 spiro atoms. The molecule has 1 aliphatic heterocycles. The predicted octanol–water partition coefficient (Wildman–Crippen LogP) is 1.32. The first-order chi connectivity index (χ1) is 3.90. The molecule has 3 heteroatoms. The van der Waals surface area contributed by atoms with Crippen molar-refractivity contribution in [3.63, 3.8) is 0 Å². The van der Waals surface area contributed by atoms with E-state index >= 15 is 0 Å². The van der Waals surface area contributed by atoms with Crippen molar-refractivity contribution in [3.8, 4) is 0 Å². The van der Waals surface area contributed by atoms with Crippen molar-refractivity contribution in [1.29, 1.82) is 0 Å². The van der Waals surface area contributed by atoms with Crippen molar-refractivity contribution in [3.05, 3.63) is 0 Å². The highest BCUT2D eigenvalue weighted by Crippen LogP contribution is 2.48. The Bertz CT molecular complexity index is 164. The predicted molar refractivity (Wildman–Crippen MR) is 34.4 cm³/mol. The average molecular weight is 149 g/mol. The minimum Gasteiger partial charge on any atom is -0.354 e. The zero-order valence-electron chi connectivity index (χ0n) is 5.69. The van der Waals surface area contributed by atoms with Gasteiger partial charge in [-0.2, -0.15) is 0 Å². The van der Waals surface area contributed by atoms with Crippen LogP contribution < -0.4 is 0 Å². The van der Waals surface area contributed by atoms with E-state index < -0.39 is 10.8 Å². The molecule has 1 rings (SSSR count). The smallest absolute Gasteiger partial charge is 0.256 e.